The van der Waals surface area contributed by atoms with Gasteiger partial charge in [-0.3, -0.25) is 5.43 Å². The topological polar surface area (TPSA) is 49.3 Å². The van der Waals surface area contributed by atoms with Gasteiger partial charge in [0.2, 0.25) is 5.13 Å². The smallest absolute Gasteiger partial charge is 0.203 e. The van der Waals surface area contributed by atoms with Gasteiger partial charge in [-0.2, -0.15) is 5.10 Å². The number of hydrogen-bond donors (Lipinski definition) is 2. The minimum absolute atomic E-state index is 0.798. The summed E-state index contributed by atoms with van der Waals surface area (Å²) in [5, 5.41) is 10.6. The highest BCUT2D eigenvalue weighted by Gasteiger charge is 2.08. The molecule has 4 nitrogen and oxygen atoms in total. The Morgan fingerprint density at radius 3 is 2.96 bits per heavy atom. The Balaban J connectivity index is 1.43. The molecule has 0 fully saturated rings. The number of benzene rings is 2. The molecule has 1 aliphatic heterocycles. The van der Waals surface area contributed by atoms with E-state index in [1.807, 2.05) is 29.8 Å². The number of fused-ring (bicyclic) bond motifs is 1. The number of hydrogen-bond acceptors (Lipinski definition) is 5. The van der Waals surface area contributed by atoms with Crippen molar-refractivity contribution < 1.29 is 0 Å². The standard InChI is InChI=1S/C19H18N4S/c1-2-4-15(5-3-1)18-13-24-19(22-18)23-21-11-14-6-7-17-12-20-9-8-16(17)10-14/h1-7,10-11,13,20H,8-9,12H2,(H,22,23). The van der Waals surface area contributed by atoms with E-state index in [9.17, 15) is 0 Å². The van der Waals surface area contributed by atoms with Gasteiger partial charge in [-0.1, -0.05) is 42.5 Å². The highest BCUT2D eigenvalue weighted by atomic mass is 32.1. The van der Waals surface area contributed by atoms with Gasteiger partial charge in [0.15, 0.2) is 0 Å². The Morgan fingerprint density at radius 1 is 1.12 bits per heavy atom. The molecule has 0 saturated carbocycles. The van der Waals surface area contributed by atoms with Crippen LogP contribution in [0.4, 0.5) is 5.13 Å². The molecule has 0 amide bonds. The number of rotatable bonds is 4. The lowest BCUT2D eigenvalue weighted by atomic mass is 9.99. The fraction of sp³-hybridized carbons (Fsp3) is 0.158. The van der Waals surface area contributed by atoms with Crippen molar-refractivity contribution in [3.63, 3.8) is 0 Å². The monoisotopic (exact) mass is 334 g/mol. The fourth-order valence-corrected chi connectivity index (χ4v) is 3.47. The highest BCUT2D eigenvalue weighted by molar-refractivity contribution is 7.14. The summed E-state index contributed by atoms with van der Waals surface area (Å²) in [6.45, 7) is 2.01. The molecule has 1 aromatic heterocycles. The number of nitrogens with zero attached hydrogens (tertiary/aromatic N) is 2. The third kappa shape index (κ3) is 3.37. The van der Waals surface area contributed by atoms with Crippen LogP contribution in [0.3, 0.4) is 0 Å². The van der Waals surface area contributed by atoms with E-state index in [4.69, 9.17) is 0 Å². The molecular formula is C19H18N4S. The summed E-state index contributed by atoms with van der Waals surface area (Å²) in [4.78, 5) is 4.57. The zero-order valence-electron chi connectivity index (χ0n) is 13.2. The van der Waals surface area contributed by atoms with E-state index in [2.05, 4.69) is 51.2 Å². The summed E-state index contributed by atoms with van der Waals surface area (Å²) in [7, 11) is 0. The first-order chi connectivity index (χ1) is 11.9. The van der Waals surface area contributed by atoms with E-state index < -0.39 is 0 Å². The Bertz CT molecular complexity index is 855. The first-order valence-corrected chi connectivity index (χ1v) is 8.89. The van der Waals surface area contributed by atoms with Crippen molar-refractivity contribution in [2.45, 2.75) is 13.0 Å². The van der Waals surface area contributed by atoms with Gasteiger partial charge >= 0.3 is 0 Å². The summed E-state index contributed by atoms with van der Waals surface area (Å²) >= 11 is 1.56. The summed E-state index contributed by atoms with van der Waals surface area (Å²) in [6.07, 6.45) is 2.93. The quantitative estimate of drug-likeness (QED) is 0.562. The molecule has 4 rings (SSSR count). The molecule has 2 heterocycles. The zero-order valence-corrected chi connectivity index (χ0v) is 14.0. The normalized spacial score (nSPS) is 13.8. The van der Waals surface area contributed by atoms with E-state index in [1.54, 1.807) is 11.3 Å². The van der Waals surface area contributed by atoms with Crippen LogP contribution in [-0.4, -0.2) is 17.7 Å². The fourth-order valence-electron chi connectivity index (χ4n) is 2.81. The lowest BCUT2D eigenvalue weighted by Crippen LogP contribution is -2.23. The average Bonchev–Trinajstić information content (AvgIpc) is 3.11. The third-order valence-corrected chi connectivity index (χ3v) is 4.81. The minimum Gasteiger partial charge on any atom is -0.312 e. The summed E-state index contributed by atoms with van der Waals surface area (Å²) in [5.74, 6) is 0. The first kappa shape index (κ1) is 15.1. The Labute approximate surface area is 145 Å². The van der Waals surface area contributed by atoms with Crippen LogP contribution in [0.1, 0.15) is 16.7 Å². The highest BCUT2D eigenvalue weighted by Crippen LogP contribution is 2.24. The van der Waals surface area contributed by atoms with Crippen LogP contribution in [0.5, 0.6) is 0 Å². The second kappa shape index (κ2) is 6.95. The molecule has 2 N–H and O–H groups in total. The Hall–Kier alpha value is -2.50. The average molecular weight is 334 g/mol. The Kier molecular flexibility index (Phi) is 4.36. The second-order valence-corrected chi connectivity index (χ2v) is 6.59. The van der Waals surface area contributed by atoms with E-state index >= 15 is 0 Å². The maximum Gasteiger partial charge on any atom is 0.203 e. The number of aromatic nitrogens is 1. The maximum absolute atomic E-state index is 4.57. The van der Waals surface area contributed by atoms with Crippen LogP contribution in [0.2, 0.25) is 0 Å². The van der Waals surface area contributed by atoms with Crippen LogP contribution in [0.15, 0.2) is 59.0 Å². The first-order valence-electron chi connectivity index (χ1n) is 8.01. The van der Waals surface area contributed by atoms with E-state index in [0.717, 1.165) is 41.5 Å². The Morgan fingerprint density at radius 2 is 2.04 bits per heavy atom. The molecular weight excluding hydrogens is 316 g/mol. The van der Waals surface area contributed by atoms with Crippen molar-refractivity contribution in [1.29, 1.82) is 0 Å². The van der Waals surface area contributed by atoms with Gasteiger partial charge in [0.05, 0.1) is 11.9 Å². The SMILES string of the molecule is C(=NNc1nc(-c2ccccc2)cs1)c1ccc2c(c1)CCNC2. The van der Waals surface area contributed by atoms with Crippen molar-refractivity contribution in [1.82, 2.24) is 10.3 Å². The van der Waals surface area contributed by atoms with Crippen molar-refractivity contribution in [3.8, 4) is 11.3 Å². The molecule has 24 heavy (non-hydrogen) atoms. The molecule has 1 aliphatic rings. The van der Waals surface area contributed by atoms with Crippen molar-refractivity contribution in [2.24, 2.45) is 5.10 Å². The van der Waals surface area contributed by atoms with E-state index in [-0.39, 0.29) is 0 Å². The molecule has 0 radical (unpaired) electrons. The molecule has 3 aromatic rings. The largest absolute Gasteiger partial charge is 0.312 e. The maximum atomic E-state index is 4.57. The van der Waals surface area contributed by atoms with Crippen LogP contribution in [-0.2, 0) is 13.0 Å². The third-order valence-electron chi connectivity index (χ3n) is 4.06. The molecule has 120 valence electrons. The van der Waals surface area contributed by atoms with Crippen molar-refractivity contribution in [3.05, 3.63) is 70.6 Å². The van der Waals surface area contributed by atoms with Gasteiger partial charge < -0.3 is 5.32 Å². The predicted molar refractivity (Wildman–Crippen MR) is 101 cm³/mol. The van der Waals surface area contributed by atoms with Crippen molar-refractivity contribution >= 4 is 22.7 Å². The number of thiazole rings is 1. The number of anilines is 1. The van der Waals surface area contributed by atoms with Crippen molar-refractivity contribution in [2.75, 3.05) is 12.0 Å². The minimum atomic E-state index is 0.798. The van der Waals surface area contributed by atoms with E-state index in [1.165, 1.54) is 11.1 Å². The second-order valence-electron chi connectivity index (χ2n) is 5.73. The van der Waals surface area contributed by atoms with Gasteiger partial charge in [-0.05, 0) is 35.7 Å². The molecule has 2 aromatic carbocycles. The molecule has 0 bridgehead atoms. The predicted octanol–water partition coefficient (Wildman–Crippen LogP) is 3.90. The van der Waals surface area contributed by atoms with Gasteiger partial charge in [-0.15, -0.1) is 11.3 Å². The van der Waals surface area contributed by atoms with Crippen LogP contribution in [0, 0.1) is 0 Å². The van der Waals surface area contributed by atoms with Crippen LogP contribution < -0.4 is 10.7 Å². The lowest BCUT2D eigenvalue weighted by molar-refractivity contribution is 0.644. The molecule has 5 heteroatoms. The summed E-state index contributed by atoms with van der Waals surface area (Å²) < 4.78 is 0. The van der Waals surface area contributed by atoms with Crippen LogP contribution in [0.25, 0.3) is 11.3 Å². The van der Waals surface area contributed by atoms with Gasteiger partial charge in [0.1, 0.15) is 0 Å². The lowest BCUT2D eigenvalue weighted by Gasteiger charge is -2.16. The number of nitrogens with one attached hydrogen (secondary N) is 2. The summed E-state index contributed by atoms with van der Waals surface area (Å²) in [6, 6.07) is 16.7. The molecule has 0 unspecified atom stereocenters. The molecule has 0 atom stereocenters. The molecule has 0 spiro atoms. The van der Waals surface area contributed by atoms with Crippen LogP contribution >= 0.6 is 11.3 Å². The van der Waals surface area contributed by atoms with Gasteiger partial charge in [0.25, 0.3) is 0 Å². The number of hydrazone groups is 1. The molecule has 0 saturated heterocycles. The van der Waals surface area contributed by atoms with Gasteiger partial charge in [-0.25, -0.2) is 4.98 Å². The summed E-state index contributed by atoms with van der Waals surface area (Å²) in [5.41, 5.74) is 9.04. The van der Waals surface area contributed by atoms with E-state index in [0.29, 0.717) is 0 Å². The van der Waals surface area contributed by atoms with Gasteiger partial charge in [0, 0.05) is 17.5 Å². The zero-order chi connectivity index (χ0) is 16.2. The molecule has 0 aliphatic carbocycles.